The molecule has 0 saturated carbocycles. The summed E-state index contributed by atoms with van der Waals surface area (Å²) in [6.07, 6.45) is -2.99. The quantitative estimate of drug-likeness (QED) is 0.934. The highest BCUT2D eigenvalue weighted by atomic mass is 19.4. The number of amides is 1. The van der Waals surface area contributed by atoms with E-state index in [9.17, 15) is 22.8 Å². The maximum atomic E-state index is 12.4. The van der Waals surface area contributed by atoms with Crippen molar-refractivity contribution in [2.75, 3.05) is 6.54 Å². The van der Waals surface area contributed by atoms with Crippen LogP contribution in [0.25, 0.3) is 0 Å². The third kappa shape index (κ3) is 3.94. The lowest BCUT2D eigenvalue weighted by molar-refractivity contribution is -0.137. The van der Waals surface area contributed by atoms with E-state index in [1.807, 2.05) is 0 Å². The topological polar surface area (TPSA) is 64.0 Å². The number of aromatic nitrogens is 2. The highest BCUT2D eigenvalue weighted by Gasteiger charge is 2.30. The summed E-state index contributed by atoms with van der Waals surface area (Å²) in [5, 5.41) is 6.33. The van der Waals surface area contributed by atoms with Crippen LogP contribution in [-0.2, 0) is 12.7 Å². The molecule has 0 spiro atoms. The highest BCUT2D eigenvalue weighted by molar-refractivity contribution is 5.94. The summed E-state index contributed by atoms with van der Waals surface area (Å²) in [6, 6.07) is 6.73. The zero-order valence-electron chi connectivity index (χ0n) is 11.3. The molecule has 116 valence electrons. The summed E-state index contributed by atoms with van der Waals surface area (Å²) < 4.78 is 38.4. The van der Waals surface area contributed by atoms with Gasteiger partial charge in [0.2, 0.25) is 0 Å². The molecule has 0 radical (unpaired) electrons. The van der Waals surface area contributed by atoms with Crippen LogP contribution in [0.5, 0.6) is 0 Å². The van der Waals surface area contributed by atoms with Gasteiger partial charge in [-0.25, -0.2) is 4.68 Å². The molecule has 1 aromatic heterocycles. The minimum atomic E-state index is -4.44. The molecule has 0 unspecified atom stereocenters. The summed E-state index contributed by atoms with van der Waals surface area (Å²) in [5.74, 6) is -0.516. The van der Waals surface area contributed by atoms with Gasteiger partial charge in [-0.15, -0.1) is 0 Å². The lowest BCUT2D eigenvalue weighted by atomic mass is 10.1. The molecule has 2 rings (SSSR count). The van der Waals surface area contributed by atoms with Gasteiger partial charge in [0.25, 0.3) is 11.5 Å². The minimum absolute atomic E-state index is 0.112. The van der Waals surface area contributed by atoms with Gasteiger partial charge in [0.15, 0.2) is 0 Å². The van der Waals surface area contributed by atoms with Crippen molar-refractivity contribution < 1.29 is 18.0 Å². The van der Waals surface area contributed by atoms with E-state index in [-0.39, 0.29) is 24.2 Å². The van der Waals surface area contributed by atoms with Gasteiger partial charge in [-0.05, 0) is 30.3 Å². The highest BCUT2D eigenvalue weighted by Crippen LogP contribution is 2.28. The van der Waals surface area contributed by atoms with E-state index in [0.29, 0.717) is 0 Å². The van der Waals surface area contributed by atoms with E-state index in [1.54, 1.807) is 0 Å². The molecule has 0 fully saturated rings. The first kappa shape index (κ1) is 15.7. The van der Waals surface area contributed by atoms with Gasteiger partial charge in [-0.2, -0.15) is 18.3 Å². The fourth-order valence-corrected chi connectivity index (χ4v) is 1.74. The average molecular weight is 311 g/mol. The van der Waals surface area contributed by atoms with Gasteiger partial charge < -0.3 is 5.32 Å². The van der Waals surface area contributed by atoms with Crippen molar-refractivity contribution in [3.05, 3.63) is 64.1 Å². The number of carbonyl (C=O) groups excluding carboxylic acids is 1. The van der Waals surface area contributed by atoms with Crippen molar-refractivity contribution in [2.24, 2.45) is 0 Å². The SMILES string of the molecule is O=C(NCCn1ncccc1=O)c1ccc(C(F)(F)F)cc1. The molecule has 1 aromatic carbocycles. The lowest BCUT2D eigenvalue weighted by Gasteiger charge is -2.08. The Balaban J connectivity index is 1.93. The molecule has 8 heteroatoms. The van der Waals surface area contributed by atoms with Crippen molar-refractivity contribution in [1.82, 2.24) is 15.1 Å². The fourth-order valence-electron chi connectivity index (χ4n) is 1.74. The molecule has 0 aliphatic heterocycles. The molecule has 1 N–H and O–H groups in total. The van der Waals surface area contributed by atoms with Crippen LogP contribution in [0.3, 0.4) is 0 Å². The Hall–Kier alpha value is -2.64. The fraction of sp³-hybridized carbons (Fsp3) is 0.214. The summed E-state index contributed by atoms with van der Waals surface area (Å²) in [4.78, 5) is 23.2. The van der Waals surface area contributed by atoms with Crippen molar-refractivity contribution in [3.8, 4) is 0 Å². The molecule has 0 bridgehead atoms. The number of nitrogens with zero attached hydrogens (tertiary/aromatic N) is 2. The number of alkyl halides is 3. The minimum Gasteiger partial charge on any atom is -0.350 e. The molecule has 22 heavy (non-hydrogen) atoms. The number of benzene rings is 1. The third-order valence-corrected chi connectivity index (χ3v) is 2.87. The molecule has 0 saturated heterocycles. The van der Waals surface area contributed by atoms with Crippen LogP contribution in [-0.4, -0.2) is 22.2 Å². The maximum absolute atomic E-state index is 12.4. The molecule has 2 aromatic rings. The van der Waals surface area contributed by atoms with Gasteiger partial charge in [-0.3, -0.25) is 9.59 Å². The summed E-state index contributed by atoms with van der Waals surface area (Å²) in [5.41, 5.74) is -1.00. The standard InChI is InChI=1S/C14H12F3N3O2/c15-14(16,17)11-5-3-10(4-6-11)13(22)18-8-9-20-12(21)2-1-7-19-20/h1-7H,8-9H2,(H,18,22). The van der Waals surface area contributed by atoms with Crippen LogP contribution in [0.4, 0.5) is 13.2 Å². The molecule has 1 amide bonds. The first-order valence-electron chi connectivity index (χ1n) is 6.35. The van der Waals surface area contributed by atoms with Crippen LogP contribution < -0.4 is 10.9 Å². The second-order valence-corrected chi connectivity index (χ2v) is 4.42. The second-order valence-electron chi connectivity index (χ2n) is 4.42. The van der Waals surface area contributed by atoms with Crippen LogP contribution in [0.1, 0.15) is 15.9 Å². The Morgan fingerprint density at radius 2 is 1.86 bits per heavy atom. The average Bonchev–Trinajstić information content (AvgIpc) is 2.48. The smallest absolute Gasteiger partial charge is 0.350 e. The Morgan fingerprint density at radius 1 is 1.18 bits per heavy atom. The van der Waals surface area contributed by atoms with Crippen molar-refractivity contribution in [3.63, 3.8) is 0 Å². The van der Waals surface area contributed by atoms with E-state index >= 15 is 0 Å². The summed E-state index contributed by atoms with van der Waals surface area (Å²) >= 11 is 0. The van der Waals surface area contributed by atoms with Crippen LogP contribution in [0.2, 0.25) is 0 Å². The summed E-state index contributed by atoms with van der Waals surface area (Å²) in [7, 11) is 0. The Kier molecular flexibility index (Phi) is 4.59. The lowest BCUT2D eigenvalue weighted by Crippen LogP contribution is -2.31. The van der Waals surface area contributed by atoms with Gasteiger partial charge in [-0.1, -0.05) is 0 Å². The van der Waals surface area contributed by atoms with E-state index in [1.165, 1.54) is 23.0 Å². The monoisotopic (exact) mass is 311 g/mol. The molecular formula is C14H12F3N3O2. The van der Waals surface area contributed by atoms with Gasteiger partial charge in [0.05, 0.1) is 12.1 Å². The van der Waals surface area contributed by atoms with Crippen LogP contribution >= 0.6 is 0 Å². The number of carbonyl (C=O) groups is 1. The van der Waals surface area contributed by atoms with Gasteiger partial charge >= 0.3 is 6.18 Å². The first-order valence-corrected chi connectivity index (χ1v) is 6.35. The number of halogens is 3. The van der Waals surface area contributed by atoms with E-state index in [4.69, 9.17) is 0 Å². The van der Waals surface area contributed by atoms with E-state index in [2.05, 4.69) is 10.4 Å². The zero-order valence-corrected chi connectivity index (χ0v) is 11.3. The van der Waals surface area contributed by atoms with Crippen LogP contribution in [0.15, 0.2) is 47.4 Å². The first-order chi connectivity index (χ1) is 10.4. The molecule has 0 aliphatic rings. The Morgan fingerprint density at radius 3 is 2.45 bits per heavy atom. The van der Waals surface area contributed by atoms with E-state index < -0.39 is 17.6 Å². The van der Waals surface area contributed by atoms with Crippen LogP contribution in [0, 0.1) is 0 Å². The predicted molar refractivity (Wildman–Crippen MR) is 72.3 cm³/mol. The molecule has 5 nitrogen and oxygen atoms in total. The van der Waals surface area contributed by atoms with Crippen molar-refractivity contribution >= 4 is 5.91 Å². The van der Waals surface area contributed by atoms with Crippen molar-refractivity contribution in [2.45, 2.75) is 12.7 Å². The molecular weight excluding hydrogens is 299 g/mol. The van der Waals surface area contributed by atoms with Crippen molar-refractivity contribution in [1.29, 1.82) is 0 Å². The molecule has 1 heterocycles. The maximum Gasteiger partial charge on any atom is 0.416 e. The largest absolute Gasteiger partial charge is 0.416 e. The molecule has 0 aliphatic carbocycles. The third-order valence-electron chi connectivity index (χ3n) is 2.87. The predicted octanol–water partition coefficient (Wildman–Crippen LogP) is 1.69. The normalized spacial score (nSPS) is 11.2. The number of hydrogen-bond acceptors (Lipinski definition) is 3. The number of nitrogens with one attached hydrogen (secondary N) is 1. The second kappa shape index (κ2) is 6.42. The summed E-state index contributed by atoms with van der Waals surface area (Å²) in [6.45, 7) is 0.308. The zero-order chi connectivity index (χ0) is 16.2. The van der Waals surface area contributed by atoms with E-state index in [0.717, 1.165) is 24.3 Å². The van der Waals surface area contributed by atoms with Gasteiger partial charge in [0.1, 0.15) is 0 Å². The number of hydrogen-bond donors (Lipinski definition) is 1. The Bertz CT molecular complexity index is 708. The van der Waals surface area contributed by atoms with Gasteiger partial charge in [0, 0.05) is 24.4 Å². The number of rotatable bonds is 4. The Labute approximate surface area is 123 Å². The molecule has 0 atom stereocenters.